The van der Waals surface area contributed by atoms with Gasteiger partial charge in [0.2, 0.25) is 5.91 Å². The van der Waals surface area contributed by atoms with Gasteiger partial charge in [0.05, 0.1) is 11.9 Å². The van der Waals surface area contributed by atoms with Gasteiger partial charge in [-0.1, -0.05) is 30.3 Å². The lowest BCUT2D eigenvalue weighted by molar-refractivity contribution is -0.111. The summed E-state index contributed by atoms with van der Waals surface area (Å²) in [6.45, 7) is 0. The molecule has 3 aromatic rings. The van der Waals surface area contributed by atoms with Crippen molar-refractivity contribution < 1.29 is 4.79 Å². The number of hydrogen-bond donors (Lipinski definition) is 1. The van der Waals surface area contributed by atoms with Crippen molar-refractivity contribution in [3.8, 4) is 5.82 Å². The molecule has 6 heteroatoms. The smallest absolute Gasteiger partial charge is 0.248 e. The third kappa shape index (κ3) is 3.43. The van der Waals surface area contributed by atoms with Crippen molar-refractivity contribution in [2.24, 2.45) is 0 Å². The zero-order chi connectivity index (χ0) is 15.2. The van der Waals surface area contributed by atoms with E-state index < -0.39 is 0 Å². The topological polar surface area (TPSA) is 72.7 Å². The minimum absolute atomic E-state index is 0.209. The highest BCUT2D eigenvalue weighted by Crippen LogP contribution is 2.09. The first-order valence-corrected chi connectivity index (χ1v) is 6.66. The van der Waals surface area contributed by atoms with Gasteiger partial charge in [-0.05, 0) is 23.8 Å². The molecule has 0 aliphatic rings. The lowest BCUT2D eigenvalue weighted by Gasteiger charge is -2.03. The minimum Gasteiger partial charge on any atom is -0.321 e. The van der Waals surface area contributed by atoms with Crippen molar-refractivity contribution in [2.45, 2.75) is 0 Å². The van der Waals surface area contributed by atoms with E-state index in [-0.39, 0.29) is 5.91 Å². The Balaban J connectivity index is 1.63. The second-order valence-electron chi connectivity index (χ2n) is 4.48. The molecule has 3 rings (SSSR count). The number of carbonyl (C=O) groups is 1. The second-order valence-corrected chi connectivity index (χ2v) is 4.48. The maximum Gasteiger partial charge on any atom is 0.248 e. The molecule has 0 aliphatic carbocycles. The van der Waals surface area contributed by atoms with Crippen molar-refractivity contribution in [3.63, 3.8) is 0 Å². The van der Waals surface area contributed by atoms with Crippen molar-refractivity contribution >= 4 is 17.7 Å². The number of anilines is 1. The van der Waals surface area contributed by atoms with Gasteiger partial charge in [0.1, 0.15) is 12.7 Å². The molecular formula is C16H13N5O. The summed E-state index contributed by atoms with van der Waals surface area (Å²) in [5.41, 5.74) is 1.59. The summed E-state index contributed by atoms with van der Waals surface area (Å²) in [4.78, 5) is 19.9. The molecule has 0 unspecified atom stereocenters. The average Bonchev–Trinajstić information content (AvgIpc) is 3.09. The summed E-state index contributed by atoms with van der Waals surface area (Å²) >= 11 is 0. The van der Waals surface area contributed by atoms with E-state index in [0.29, 0.717) is 11.5 Å². The molecule has 0 radical (unpaired) electrons. The molecular weight excluding hydrogens is 278 g/mol. The van der Waals surface area contributed by atoms with Gasteiger partial charge in [-0.15, -0.1) is 0 Å². The zero-order valence-electron chi connectivity index (χ0n) is 11.6. The van der Waals surface area contributed by atoms with Crippen LogP contribution in [0, 0.1) is 0 Å². The van der Waals surface area contributed by atoms with Crippen LogP contribution in [0.3, 0.4) is 0 Å². The van der Waals surface area contributed by atoms with E-state index in [1.807, 2.05) is 30.3 Å². The Bertz CT molecular complexity index is 764. The van der Waals surface area contributed by atoms with Crippen LogP contribution in [0.1, 0.15) is 5.56 Å². The van der Waals surface area contributed by atoms with Crippen LogP contribution in [0.4, 0.5) is 5.69 Å². The Hall–Kier alpha value is -3.28. The molecule has 108 valence electrons. The molecule has 1 aromatic carbocycles. The van der Waals surface area contributed by atoms with E-state index in [1.165, 1.54) is 12.4 Å². The number of benzene rings is 1. The third-order valence-corrected chi connectivity index (χ3v) is 2.90. The Morgan fingerprint density at radius 2 is 2.00 bits per heavy atom. The number of carbonyl (C=O) groups excluding carboxylic acids is 1. The number of nitrogens with zero attached hydrogens (tertiary/aromatic N) is 4. The zero-order valence-corrected chi connectivity index (χ0v) is 11.6. The fraction of sp³-hybridized carbons (Fsp3) is 0. The number of pyridine rings is 1. The highest BCUT2D eigenvalue weighted by atomic mass is 16.1. The largest absolute Gasteiger partial charge is 0.321 e. The lowest BCUT2D eigenvalue weighted by Crippen LogP contribution is -2.08. The molecule has 0 spiro atoms. The first-order valence-electron chi connectivity index (χ1n) is 6.66. The fourth-order valence-electron chi connectivity index (χ4n) is 1.84. The normalized spacial score (nSPS) is 10.7. The van der Waals surface area contributed by atoms with Crippen LogP contribution in [-0.4, -0.2) is 25.7 Å². The molecule has 0 fully saturated rings. The number of hydrogen-bond acceptors (Lipinski definition) is 4. The van der Waals surface area contributed by atoms with E-state index in [9.17, 15) is 4.79 Å². The molecule has 1 N–H and O–H groups in total. The number of rotatable bonds is 4. The van der Waals surface area contributed by atoms with E-state index in [2.05, 4.69) is 20.4 Å². The van der Waals surface area contributed by atoms with Gasteiger partial charge in [0.15, 0.2) is 5.82 Å². The summed E-state index contributed by atoms with van der Waals surface area (Å²) in [7, 11) is 0. The summed E-state index contributed by atoms with van der Waals surface area (Å²) < 4.78 is 1.54. The molecule has 0 aliphatic heterocycles. The van der Waals surface area contributed by atoms with Gasteiger partial charge < -0.3 is 5.32 Å². The molecule has 2 aromatic heterocycles. The van der Waals surface area contributed by atoms with Gasteiger partial charge in [-0.2, -0.15) is 5.10 Å². The van der Waals surface area contributed by atoms with Crippen molar-refractivity contribution in [1.82, 2.24) is 19.7 Å². The highest BCUT2D eigenvalue weighted by Gasteiger charge is 2.01. The van der Waals surface area contributed by atoms with Crippen LogP contribution in [-0.2, 0) is 4.79 Å². The summed E-state index contributed by atoms with van der Waals surface area (Å²) in [6.07, 6.45) is 7.81. The van der Waals surface area contributed by atoms with Gasteiger partial charge in [-0.3, -0.25) is 4.79 Å². The Labute approximate surface area is 127 Å². The Morgan fingerprint density at radius 1 is 1.14 bits per heavy atom. The molecule has 1 amide bonds. The number of nitrogens with one attached hydrogen (secondary N) is 1. The van der Waals surface area contributed by atoms with Crippen LogP contribution in [0.25, 0.3) is 11.9 Å². The predicted octanol–water partition coefficient (Wildman–Crippen LogP) is 2.31. The summed E-state index contributed by atoms with van der Waals surface area (Å²) in [5.74, 6) is 0.425. The fourth-order valence-corrected chi connectivity index (χ4v) is 1.84. The van der Waals surface area contributed by atoms with Crippen molar-refractivity contribution in [1.29, 1.82) is 0 Å². The maximum absolute atomic E-state index is 11.8. The SMILES string of the molecule is O=C(/C=C/c1ccccc1)Nc1ccc(-n2cncn2)nc1. The van der Waals surface area contributed by atoms with E-state index >= 15 is 0 Å². The number of aromatic nitrogens is 4. The average molecular weight is 291 g/mol. The Kier molecular flexibility index (Phi) is 4.01. The van der Waals surface area contributed by atoms with Crippen LogP contribution in [0.15, 0.2) is 67.4 Å². The first-order chi connectivity index (χ1) is 10.8. The summed E-state index contributed by atoms with van der Waals surface area (Å²) in [6, 6.07) is 13.1. The van der Waals surface area contributed by atoms with Crippen LogP contribution >= 0.6 is 0 Å². The van der Waals surface area contributed by atoms with E-state index in [1.54, 1.807) is 35.4 Å². The van der Waals surface area contributed by atoms with Crippen molar-refractivity contribution in [3.05, 3.63) is 73.0 Å². The summed E-state index contributed by atoms with van der Waals surface area (Å²) in [5, 5.41) is 6.74. The molecule has 0 saturated carbocycles. The quantitative estimate of drug-likeness (QED) is 0.749. The maximum atomic E-state index is 11.8. The van der Waals surface area contributed by atoms with Gasteiger partial charge in [-0.25, -0.2) is 14.6 Å². The van der Waals surface area contributed by atoms with Gasteiger partial charge in [0, 0.05) is 6.08 Å². The van der Waals surface area contributed by atoms with Crippen molar-refractivity contribution in [2.75, 3.05) is 5.32 Å². The molecule has 0 atom stereocenters. The van der Waals surface area contributed by atoms with Crippen LogP contribution in [0.5, 0.6) is 0 Å². The Morgan fingerprint density at radius 3 is 2.68 bits per heavy atom. The van der Waals surface area contributed by atoms with Gasteiger partial charge >= 0.3 is 0 Å². The molecule has 22 heavy (non-hydrogen) atoms. The van der Waals surface area contributed by atoms with E-state index in [0.717, 1.165) is 5.56 Å². The van der Waals surface area contributed by atoms with E-state index in [4.69, 9.17) is 0 Å². The van der Waals surface area contributed by atoms with Crippen LogP contribution in [0.2, 0.25) is 0 Å². The molecule has 0 saturated heterocycles. The number of amides is 1. The van der Waals surface area contributed by atoms with Crippen LogP contribution < -0.4 is 5.32 Å². The predicted molar refractivity (Wildman–Crippen MR) is 83.3 cm³/mol. The van der Waals surface area contributed by atoms with Gasteiger partial charge in [0.25, 0.3) is 0 Å². The highest BCUT2D eigenvalue weighted by molar-refractivity contribution is 6.01. The monoisotopic (exact) mass is 291 g/mol. The first kappa shape index (κ1) is 13.7. The third-order valence-electron chi connectivity index (χ3n) is 2.90. The molecule has 2 heterocycles. The standard InChI is InChI=1S/C16H13N5O/c22-16(9-6-13-4-2-1-3-5-13)20-14-7-8-15(18-10-14)21-12-17-11-19-21/h1-12H,(H,20,22)/b9-6+. The molecule has 0 bridgehead atoms. The minimum atomic E-state index is -0.209. The second kappa shape index (κ2) is 6.45. The lowest BCUT2D eigenvalue weighted by atomic mass is 10.2. The molecule has 6 nitrogen and oxygen atoms in total.